The van der Waals surface area contributed by atoms with Gasteiger partial charge < -0.3 is 15.1 Å². The average Bonchev–Trinajstić information content (AvgIpc) is 3.27. The van der Waals surface area contributed by atoms with E-state index in [-0.39, 0.29) is 11.9 Å². The van der Waals surface area contributed by atoms with E-state index in [4.69, 9.17) is 0 Å². The van der Waals surface area contributed by atoms with Crippen LogP contribution in [0.5, 0.6) is 0 Å². The number of aromatic nitrogens is 5. The first-order chi connectivity index (χ1) is 14.5. The van der Waals surface area contributed by atoms with E-state index >= 15 is 0 Å². The number of pyridine rings is 1. The van der Waals surface area contributed by atoms with E-state index in [1.165, 1.54) is 0 Å². The van der Waals surface area contributed by atoms with Crippen LogP contribution >= 0.6 is 0 Å². The third-order valence-corrected chi connectivity index (χ3v) is 5.19. The molecule has 0 aromatic carbocycles. The highest BCUT2D eigenvalue weighted by Crippen LogP contribution is 2.21. The SMILES string of the molecule is Cc1ccnc(Nc2cc(N3CCN(C(=O)C(C)n4cccn4)CC3)nc(C)n2)c1. The molecule has 3 aromatic heterocycles. The summed E-state index contributed by atoms with van der Waals surface area (Å²) in [5.74, 6) is 3.09. The van der Waals surface area contributed by atoms with Crippen LogP contribution in [0.15, 0.2) is 42.9 Å². The minimum absolute atomic E-state index is 0.0881. The molecular weight excluding hydrogens is 380 g/mol. The second-order valence-electron chi connectivity index (χ2n) is 7.48. The zero-order valence-electron chi connectivity index (χ0n) is 17.5. The van der Waals surface area contributed by atoms with Gasteiger partial charge in [-0.3, -0.25) is 9.48 Å². The number of carbonyl (C=O) groups excluding carboxylic acids is 1. The number of amides is 1. The van der Waals surface area contributed by atoms with E-state index in [2.05, 4.69) is 30.3 Å². The van der Waals surface area contributed by atoms with Crippen LogP contribution in [0, 0.1) is 13.8 Å². The minimum Gasteiger partial charge on any atom is -0.353 e. The lowest BCUT2D eigenvalue weighted by atomic mass is 10.2. The van der Waals surface area contributed by atoms with Crippen molar-refractivity contribution in [3.63, 3.8) is 0 Å². The lowest BCUT2D eigenvalue weighted by Crippen LogP contribution is -2.50. The Morgan fingerprint density at radius 1 is 1.07 bits per heavy atom. The first-order valence-corrected chi connectivity index (χ1v) is 10.1. The zero-order valence-corrected chi connectivity index (χ0v) is 17.5. The molecule has 1 aliphatic heterocycles. The molecule has 1 amide bonds. The van der Waals surface area contributed by atoms with Crippen molar-refractivity contribution in [2.75, 3.05) is 36.4 Å². The lowest BCUT2D eigenvalue weighted by molar-refractivity contribution is -0.134. The molecule has 1 atom stereocenters. The molecule has 0 aliphatic carbocycles. The van der Waals surface area contributed by atoms with Gasteiger partial charge in [0, 0.05) is 50.8 Å². The summed E-state index contributed by atoms with van der Waals surface area (Å²) in [6.45, 7) is 8.52. The number of nitrogens with zero attached hydrogens (tertiary/aromatic N) is 7. The Hall–Kier alpha value is -3.49. The van der Waals surface area contributed by atoms with E-state index in [1.807, 2.05) is 56.1 Å². The number of aryl methyl sites for hydroxylation is 2. The molecule has 1 aliphatic rings. The first-order valence-electron chi connectivity index (χ1n) is 10.1. The zero-order chi connectivity index (χ0) is 21.1. The van der Waals surface area contributed by atoms with Gasteiger partial charge in [-0.1, -0.05) is 0 Å². The second kappa shape index (κ2) is 8.48. The van der Waals surface area contributed by atoms with Crippen molar-refractivity contribution < 1.29 is 4.79 Å². The maximum atomic E-state index is 12.8. The quantitative estimate of drug-likeness (QED) is 0.695. The highest BCUT2D eigenvalue weighted by molar-refractivity contribution is 5.80. The molecule has 1 fully saturated rings. The van der Waals surface area contributed by atoms with E-state index < -0.39 is 0 Å². The van der Waals surface area contributed by atoms with Crippen LogP contribution < -0.4 is 10.2 Å². The van der Waals surface area contributed by atoms with Crippen LogP contribution in [0.25, 0.3) is 0 Å². The highest BCUT2D eigenvalue weighted by atomic mass is 16.2. The molecule has 0 radical (unpaired) electrons. The summed E-state index contributed by atoms with van der Waals surface area (Å²) in [7, 11) is 0. The summed E-state index contributed by atoms with van der Waals surface area (Å²) in [5, 5.41) is 7.44. The number of rotatable bonds is 5. The van der Waals surface area contributed by atoms with Gasteiger partial charge in [0.25, 0.3) is 0 Å². The fourth-order valence-electron chi connectivity index (χ4n) is 3.56. The topological polar surface area (TPSA) is 92.1 Å². The monoisotopic (exact) mass is 406 g/mol. The smallest absolute Gasteiger partial charge is 0.247 e. The molecular formula is C21H26N8O. The van der Waals surface area contributed by atoms with Gasteiger partial charge in [-0.05, 0) is 44.5 Å². The minimum atomic E-state index is -0.300. The molecule has 9 nitrogen and oxygen atoms in total. The fourth-order valence-corrected chi connectivity index (χ4v) is 3.56. The second-order valence-corrected chi connectivity index (χ2v) is 7.48. The van der Waals surface area contributed by atoms with E-state index in [0.717, 1.165) is 30.3 Å². The lowest BCUT2D eigenvalue weighted by Gasteiger charge is -2.36. The molecule has 1 unspecified atom stereocenters. The average molecular weight is 406 g/mol. The van der Waals surface area contributed by atoms with Crippen molar-refractivity contribution in [1.29, 1.82) is 0 Å². The number of carbonyl (C=O) groups is 1. The number of hydrogen-bond acceptors (Lipinski definition) is 7. The van der Waals surface area contributed by atoms with Crippen LogP contribution in [0.1, 0.15) is 24.4 Å². The van der Waals surface area contributed by atoms with Crippen molar-refractivity contribution in [3.05, 3.63) is 54.2 Å². The highest BCUT2D eigenvalue weighted by Gasteiger charge is 2.26. The molecule has 1 N–H and O–H groups in total. The normalized spacial score (nSPS) is 15.2. The summed E-state index contributed by atoms with van der Waals surface area (Å²) < 4.78 is 1.69. The van der Waals surface area contributed by atoms with Gasteiger partial charge in [-0.2, -0.15) is 5.10 Å². The molecule has 3 aromatic rings. The summed E-state index contributed by atoms with van der Waals surface area (Å²) in [6.07, 6.45) is 5.28. The summed E-state index contributed by atoms with van der Waals surface area (Å²) in [6, 6.07) is 7.39. The van der Waals surface area contributed by atoms with Gasteiger partial charge in [-0.25, -0.2) is 15.0 Å². The van der Waals surface area contributed by atoms with Crippen LogP contribution in [0.2, 0.25) is 0 Å². The Kier molecular flexibility index (Phi) is 5.60. The van der Waals surface area contributed by atoms with Crippen LogP contribution in [0.3, 0.4) is 0 Å². The Morgan fingerprint density at radius 2 is 1.87 bits per heavy atom. The summed E-state index contributed by atoms with van der Waals surface area (Å²) >= 11 is 0. The van der Waals surface area contributed by atoms with Crippen LogP contribution in [0.4, 0.5) is 17.5 Å². The van der Waals surface area contributed by atoms with Crippen molar-refractivity contribution in [2.24, 2.45) is 0 Å². The van der Waals surface area contributed by atoms with Gasteiger partial charge in [0.1, 0.15) is 29.3 Å². The predicted octanol–water partition coefficient (Wildman–Crippen LogP) is 2.34. The van der Waals surface area contributed by atoms with Gasteiger partial charge in [0.05, 0.1) is 0 Å². The first kappa shape index (κ1) is 19.8. The maximum absolute atomic E-state index is 12.8. The Morgan fingerprint density at radius 3 is 2.57 bits per heavy atom. The fraction of sp³-hybridized carbons (Fsp3) is 0.381. The molecule has 0 bridgehead atoms. The Balaban J connectivity index is 1.42. The molecule has 0 saturated carbocycles. The molecule has 1 saturated heterocycles. The molecule has 4 rings (SSSR count). The van der Waals surface area contributed by atoms with Crippen LogP contribution in [-0.4, -0.2) is 61.7 Å². The van der Waals surface area contributed by atoms with Gasteiger partial charge >= 0.3 is 0 Å². The van der Waals surface area contributed by atoms with Gasteiger partial charge in [0.2, 0.25) is 5.91 Å². The molecule has 9 heteroatoms. The van der Waals surface area contributed by atoms with E-state index in [0.29, 0.717) is 24.7 Å². The number of piperazine rings is 1. The predicted molar refractivity (Wildman–Crippen MR) is 115 cm³/mol. The Labute approximate surface area is 175 Å². The summed E-state index contributed by atoms with van der Waals surface area (Å²) in [5.41, 5.74) is 1.13. The third-order valence-electron chi connectivity index (χ3n) is 5.19. The number of anilines is 3. The van der Waals surface area contributed by atoms with Crippen molar-refractivity contribution in [1.82, 2.24) is 29.6 Å². The van der Waals surface area contributed by atoms with Gasteiger partial charge in [-0.15, -0.1) is 0 Å². The van der Waals surface area contributed by atoms with E-state index in [1.54, 1.807) is 17.1 Å². The largest absolute Gasteiger partial charge is 0.353 e. The van der Waals surface area contributed by atoms with Crippen molar-refractivity contribution in [2.45, 2.75) is 26.8 Å². The molecule has 30 heavy (non-hydrogen) atoms. The third kappa shape index (κ3) is 4.40. The maximum Gasteiger partial charge on any atom is 0.247 e. The number of hydrogen-bond donors (Lipinski definition) is 1. The van der Waals surface area contributed by atoms with Crippen molar-refractivity contribution in [3.8, 4) is 0 Å². The summed E-state index contributed by atoms with van der Waals surface area (Å²) in [4.78, 5) is 30.3. The number of nitrogens with one attached hydrogen (secondary N) is 1. The van der Waals surface area contributed by atoms with Crippen molar-refractivity contribution >= 4 is 23.4 Å². The molecule has 0 spiro atoms. The van der Waals surface area contributed by atoms with E-state index in [9.17, 15) is 4.79 Å². The standard InChI is InChI=1S/C21H26N8O/c1-15-5-7-22-18(13-15)26-19-14-20(25-17(3)24-19)27-9-11-28(12-10-27)21(30)16(2)29-8-4-6-23-29/h4-8,13-14,16H,9-12H2,1-3H3,(H,22,24,25,26). The van der Waals surface area contributed by atoms with Gasteiger partial charge in [0.15, 0.2) is 0 Å². The molecule has 156 valence electrons. The molecule has 4 heterocycles. The Bertz CT molecular complexity index is 1010. The van der Waals surface area contributed by atoms with Crippen LogP contribution in [-0.2, 0) is 4.79 Å².